The van der Waals surface area contributed by atoms with Gasteiger partial charge in [-0.25, -0.2) is 0 Å². The molecule has 0 saturated carbocycles. The molecule has 1 amide bonds. The van der Waals surface area contributed by atoms with Crippen LogP contribution in [0, 0.1) is 5.92 Å². The van der Waals surface area contributed by atoms with Gasteiger partial charge in [0.25, 0.3) is 0 Å². The summed E-state index contributed by atoms with van der Waals surface area (Å²) in [6, 6.07) is 0.608. The molecule has 2 rings (SSSR count). The van der Waals surface area contributed by atoms with Crippen LogP contribution in [0.4, 0.5) is 0 Å². The van der Waals surface area contributed by atoms with E-state index in [1.807, 2.05) is 11.8 Å². The number of carbonyl (C=O) groups excluding carboxylic acids is 1. The molecule has 4 nitrogen and oxygen atoms in total. The van der Waals surface area contributed by atoms with E-state index in [2.05, 4.69) is 4.90 Å². The average molecular weight is 239 g/mol. The molecule has 0 aromatic carbocycles. The van der Waals surface area contributed by atoms with Crippen molar-refractivity contribution < 1.29 is 4.79 Å². The van der Waals surface area contributed by atoms with Gasteiger partial charge < -0.3 is 10.6 Å². The maximum atomic E-state index is 12.2. The molecule has 2 saturated heterocycles. The SMILES string of the molecule is CCC(CN)C(=O)N1CCC(N2CCCC2)C1. The Hall–Kier alpha value is -0.610. The summed E-state index contributed by atoms with van der Waals surface area (Å²) in [7, 11) is 0. The fourth-order valence-electron chi connectivity index (χ4n) is 3.05. The number of rotatable bonds is 4. The van der Waals surface area contributed by atoms with Gasteiger partial charge >= 0.3 is 0 Å². The first-order valence-electron chi connectivity index (χ1n) is 6.99. The number of nitrogens with zero attached hydrogens (tertiary/aromatic N) is 2. The molecule has 98 valence electrons. The van der Waals surface area contributed by atoms with Crippen LogP contribution in [0.2, 0.25) is 0 Å². The zero-order chi connectivity index (χ0) is 12.3. The van der Waals surface area contributed by atoms with Gasteiger partial charge in [0.2, 0.25) is 5.91 Å². The van der Waals surface area contributed by atoms with Crippen LogP contribution in [0.5, 0.6) is 0 Å². The molecular weight excluding hydrogens is 214 g/mol. The van der Waals surface area contributed by atoms with Crippen molar-refractivity contribution in [1.29, 1.82) is 0 Å². The molecule has 2 aliphatic rings. The molecule has 2 aliphatic heterocycles. The van der Waals surface area contributed by atoms with E-state index in [0.29, 0.717) is 12.6 Å². The van der Waals surface area contributed by atoms with Gasteiger partial charge in [-0.1, -0.05) is 6.92 Å². The molecule has 2 atom stereocenters. The molecule has 2 unspecified atom stereocenters. The number of hydrogen-bond acceptors (Lipinski definition) is 3. The standard InChI is InChI=1S/C13H25N3O/c1-2-11(9-14)13(17)16-8-5-12(10-16)15-6-3-4-7-15/h11-12H,2-10,14H2,1H3. The topological polar surface area (TPSA) is 49.6 Å². The summed E-state index contributed by atoms with van der Waals surface area (Å²) in [6.45, 7) is 6.83. The van der Waals surface area contributed by atoms with Crippen molar-refractivity contribution in [2.45, 2.75) is 38.6 Å². The number of nitrogens with two attached hydrogens (primary N) is 1. The predicted octanol–water partition coefficient (Wildman–Crippen LogP) is 0.668. The Labute approximate surface area is 104 Å². The number of carbonyl (C=O) groups is 1. The molecule has 0 radical (unpaired) electrons. The minimum absolute atomic E-state index is 0.0346. The summed E-state index contributed by atoms with van der Waals surface area (Å²) in [5, 5.41) is 0. The summed E-state index contributed by atoms with van der Waals surface area (Å²) in [5.41, 5.74) is 5.65. The van der Waals surface area contributed by atoms with Crippen LogP contribution < -0.4 is 5.73 Å². The summed E-state index contributed by atoms with van der Waals surface area (Å²) in [6.07, 6.45) is 4.66. The summed E-state index contributed by atoms with van der Waals surface area (Å²) in [5.74, 6) is 0.309. The highest BCUT2D eigenvalue weighted by molar-refractivity contribution is 5.79. The summed E-state index contributed by atoms with van der Waals surface area (Å²) in [4.78, 5) is 16.8. The minimum atomic E-state index is 0.0346. The number of hydrogen-bond donors (Lipinski definition) is 1. The van der Waals surface area contributed by atoms with E-state index in [4.69, 9.17) is 5.73 Å². The van der Waals surface area contributed by atoms with Gasteiger partial charge in [0.15, 0.2) is 0 Å². The van der Waals surface area contributed by atoms with Crippen molar-refractivity contribution in [1.82, 2.24) is 9.80 Å². The Morgan fingerprint density at radius 3 is 2.65 bits per heavy atom. The molecule has 0 aliphatic carbocycles. The minimum Gasteiger partial charge on any atom is -0.341 e. The Balaban J connectivity index is 1.86. The van der Waals surface area contributed by atoms with Crippen molar-refractivity contribution in [3.05, 3.63) is 0 Å². The van der Waals surface area contributed by atoms with Gasteiger partial charge in [0, 0.05) is 25.7 Å². The van der Waals surface area contributed by atoms with Crippen LogP contribution in [0.1, 0.15) is 32.6 Å². The monoisotopic (exact) mass is 239 g/mol. The lowest BCUT2D eigenvalue weighted by molar-refractivity contribution is -0.134. The van der Waals surface area contributed by atoms with Gasteiger partial charge in [-0.05, 0) is 38.8 Å². The molecule has 0 spiro atoms. The van der Waals surface area contributed by atoms with Crippen molar-refractivity contribution in [3.63, 3.8) is 0 Å². The predicted molar refractivity (Wildman–Crippen MR) is 68.6 cm³/mol. The third kappa shape index (κ3) is 2.80. The summed E-state index contributed by atoms with van der Waals surface area (Å²) < 4.78 is 0. The zero-order valence-corrected chi connectivity index (χ0v) is 10.9. The van der Waals surface area contributed by atoms with E-state index >= 15 is 0 Å². The summed E-state index contributed by atoms with van der Waals surface area (Å²) >= 11 is 0. The molecule has 0 aromatic rings. The normalized spacial score (nSPS) is 27.6. The first-order chi connectivity index (χ1) is 8.26. The fraction of sp³-hybridized carbons (Fsp3) is 0.923. The van der Waals surface area contributed by atoms with E-state index in [-0.39, 0.29) is 11.8 Å². The van der Waals surface area contributed by atoms with Gasteiger partial charge in [0.05, 0.1) is 5.92 Å². The maximum absolute atomic E-state index is 12.2. The second-order valence-electron chi connectivity index (χ2n) is 5.31. The lowest BCUT2D eigenvalue weighted by Gasteiger charge is -2.25. The van der Waals surface area contributed by atoms with E-state index in [9.17, 15) is 4.79 Å². The Morgan fingerprint density at radius 2 is 2.06 bits per heavy atom. The second kappa shape index (κ2) is 5.83. The largest absolute Gasteiger partial charge is 0.341 e. The first-order valence-corrected chi connectivity index (χ1v) is 6.99. The van der Waals surface area contributed by atoms with Crippen molar-refractivity contribution in [2.24, 2.45) is 11.7 Å². The van der Waals surface area contributed by atoms with Crippen LogP contribution in [-0.4, -0.2) is 54.5 Å². The van der Waals surface area contributed by atoms with E-state index in [1.165, 1.54) is 25.9 Å². The molecule has 0 aromatic heterocycles. The zero-order valence-electron chi connectivity index (χ0n) is 10.9. The van der Waals surface area contributed by atoms with Gasteiger partial charge in [-0.3, -0.25) is 9.69 Å². The molecule has 2 fully saturated rings. The highest BCUT2D eigenvalue weighted by atomic mass is 16.2. The van der Waals surface area contributed by atoms with E-state index < -0.39 is 0 Å². The van der Waals surface area contributed by atoms with E-state index in [0.717, 1.165) is 25.9 Å². The third-order valence-electron chi connectivity index (χ3n) is 4.26. The van der Waals surface area contributed by atoms with Crippen LogP contribution in [0.3, 0.4) is 0 Å². The van der Waals surface area contributed by atoms with Crippen molar-refractivity contribution in [2.75, 3.05) is 32.7 Å². The Bertz CT molecular complexity index is 259. The van der Waals surface area contributed by atoms with Crippen LogP contribution in [0.25, 0.3) is 0 Å². The molecule has 2 heterocycles. The second-order valence-corrected chi connectivity index (χ2v) is 5.31. The van der Waals surface area contributed by atoms with Crippen molar-refractivity contribution >= 4 is 5.91 Å². The molecule has 4 heteroatoms. The first kappa shape index (κ1) is 12.8. The maximum Gasteiger partial charge on any atom is 0.226 e. The van der Waals surface area contributed by atoms with Gasteiger partial charge in [-0.15, -0.1) is 0 Å². The smallest absolute Gasteiger partial charge is 0.226 e. The van der Waals surface area contributed by atoms with Gasteiger partial charge in [0.1, 0.15) is 0 Å². The Kier molecular flexibility index (Phi) is 4.40. The van der Waals surface area contributed by atoms with E-state index in [1.54, 1.807) is 0 Å². The lowest BCUT2D eigenvalue weighted by atomic mass is 10.1. The molecule has 0 bridgehead atoms. The average Bonchev–Trinajstić information content (AvgIpc) is 3.01. The molecule has 2 N–H and O–H groups in total. The fourth-order valence-corrected chi connectivity index (χ4v) is 3.05. The van der Waals surface area contributed by atoms with Crippen LogP contribution >= 0.6 is 0 Å². The van der Waals surface area contributed by atoms with Crippen LogP contribution in [0.15, 0.2) is 0 Å². The van der Waals surface area contributed by atoms with Crippen molar-refractivity contribution in [3.8, 4) is 0 Å². The highest BCUT2D eigenvalue weighted by Crippen LogP contribution is 2.22. The molecular formula is C13H25N3O. The highest BCUT2D eigenvalue weighted by Gasteiger charge is 2.33. The lowest BCUT2D eigenvalue weighted by Crippen LogP contribution is -2.40. The third-order valence-corrected chi connectivity index (χ3v) is 4.26. The van der Waals surface area contributed by atoms with Crippen LogP contribution in [-0.2, 0) is 4.79 Å². The molecule has 17 heavy (non-hydrogen) atoms. The van der Waals surface area contributed by atoms with Gasteiger partial charge in [-0.2, -0.15) is 0 Å². The number of amides is 1. The Morgan fingerprint density at radius 1 is 1.35 bits per heavy atom. The quantitative estimate of drug-likeness (QED) is 0.784. The number of likely N-dealkylation sites (tertiary alicyclic amines) is 2.